The second-order valence-electron chi connectivity index (χ2n) is 5.68. The van der Waals surface area contributed by atoms with Crippen molar-refractivity contribution in [2.75, 3.05) is 26.2 Å². The summed E-state index contributed by atoms with van der Waals surface area (Å²) in [5, 5.41) is 4.01. The van der Waals surface area contributed by atoms with E-state index in [9.17, 15) is 4.39 Å². The maximum atomic E-state index is 14.5. The number of hydrogen-bond acceptors (Lipinski definition) is 2. The van der Waals surface area contributed by atoms with E-state index in [0.29, 0.717) is 16.5 Å². The van der Waals surface area contributed by atoms with Gasteiger partial charge in [0.1, 0.15) is 5.82 Å². The van der Waals surface area contributed by atoms with E-state index in [4.69, 9.17) is 23.2 Å². The van der Waals surface area contributed by atoms with Crippen LogP contribution in [0.25, 0.3) is 0 Å². The van der Waals surface area contributed by atoms with Gasteiger partial charge in [-0.3, -0.25) is 4.90 Å². The van der Waals surface area contributed by atoms with Crippen LogP contribution < -0.4 is 5.32 Å². The van der Waals surface area contributed by atoms with Gasteiger partial charge in [0.2, 0.25) is 0 Å². The van der Waals surface area contributed by atoms with Gasteiger partial charge < -0.3 is 5.32 Å². The highest BCUT2D eigenvalue weighted by Gasteiger charge is 2.36. The molecular formula is C15H21Cl4FN2. The molecule has 1 aliphatic carbocycles. The number of nitrogens with zero attached hydrogens (tertiary/aromatic N) is 1. The molecule has 0 radical (unpaired) electrons. The Morgan fingerprint density at radius 1 is 1.09 bits per heavy atom. The van der Waals surface area contributed by atoms with Crippen molar-refractivity contribution in [3.63, 3.8) is 0 Å². The fourth-order valence-corrected chi connectivity index (χ4v) is 3.67. The van der Waals surface area contributed by atoms with E-state index in [0.717, 1.165) is 39.0 Å². The van der Waals surface area contributed by atoms with Gasteiger partial charge in [-0.15, -0.1) is 24.8 Å². The molecule has 0 amide bonds. The molecule has 22 heavy (non-hydrogen) atoms. The van der Waals surface area contributed by atoms with Crippen LogP contribution in [0.15, 0.2) is 12.1 Å². The van der Waals surface area contributed by atoms with Crippen LogP contribution in [0, 0.1) is 11.7 Å². The average Bonchev–Trinajstić information content (AvgIpc) is 2.41. The number of hydrogen-bond donors (Lipinski definition) is 1. The van der Waals surface area contributed by atoms with Crippen molar-refractivity contribution in [2.45, 2.75) is 25.3 Å². The first-order chi connectivity index (χ1) is 9.68. The first kappa shape index (κ1) is 20.3. The molecule has 0 bridgehead atoms. The zero-order chi connectivity index (χ0) is 14.1. The molecule has 126 valence electrons. The number of benzene rings is 1. The zero-order valence-electron chi connectivity index (χ0n) is 12.2. The van der Waals surface area contributed by atoms with Gasteiger partial charge >= 0.3 is 0 Å². The van der Waals surface area contributed by atoms with Crippen molar-refractivity contribution in [3.05, 3.63) is 33.6 Å². The summed E-state index contributed by atoms with van der Waals surface area (Å²) in [5.74, 6) is 0.160. The van der Waals surface area contributed by atoms with E-state index in [-0.39, 0.29) is 41.7 Å². The smallest absolute Gasteiger partial charge is 0.148 e. The van der Waals surface area contributed by atoms with Crippen molar-refractivity contribution < 1.29 is 4.39 Å². The minimum absolute atomic E-state index is 0. The summed E-state index contributed by atoms with van der Waals surface area (Å²) >= 11 is 12.3. The Bertz CT molecular complexity index is 491. The molecule has 7 heteroatoms. The van der Waals surface area contributed by atoms with Crippen LogP contribution in [0.5, 0.6) is 0 Å². The van der Waals surface area contributed by atoms with E-state index in [1.54, 1.807) is 6.07 Å². The van der Waals surface area contributed by atoms with E-state index in [1.807, 2.05) is 0 Å². The van der Waals surface area contributed by atoms with Crippen LogP contribution in [0.1, 0.15) is 30.9 Å². The highest BCUT2D eigenvalue weighted by atomic mass is 35.5. The van der Waals surface area contributed by atoms with E-state index >= 15 is 0 Å². The highest BCUT2D eigenvalue weighted by molar-refractivity contribution is 6.33. The molecule has 2 aliphatic rings. The summed E-state index contributed by atoms with van der Waals surface area (Å²) in [6.07, 6.45) is 3.53. The lowest BCUT2D eigenvalue weighted by molar-refractivity contribution is 0.0813. The van der Waals surface area contributed by atoms with Gasteiger partial charge in [0.25, 0.3) is 0 Å². The summed E-state index contributed by atoms with van der Waals surface area (Å²) in [4.78, 5) is 2.36. The molecule has 1 aliphatic heterocycles. The Balaban J connectivity index is 0.00000121. The number of halogens is 5. The third-order valence-electron chi connectivity index (χ3n) is 4.52. The van der Waals surface area contributed by atoms with Crippen molar-refractivity contribution in [3.8, 4) is 0 Å². The Morgan fingerprint density at radius 3 is 2.23 bits per heavy atom. The molecule has 1 atom stereocenters. The predicted molar refractivity (Wildman–Crippen MR) is 95.4 cm³/mol. The Labute approximate surface area is 153 Å². The maximum absolute atomic E-state index is 14.5. The summed E-state index contributed by atoms with van der Waals surface area (Å²) in [7, 11) is 0. The molecule has 1 N–H and O–H groups in total. The summed E-state index contributed by atoms with van der Waals surface area (Å²) in [6.45, 7) is 3.76. The van der Waals surface area contributed by atoms with Crippen LogP contribution >= 0.6 is 48.0 Å². The van der Waals surface area contributed by atoms with Crippen LogP contribution in [-0.2, 0) is 0 Å². The van der Waals surface area contributed by atoms with E-state index in [2.05, 4.69) is 10.2 Å². The fourth-order valence-electron chi connectivity index (χ4n) is 3.25. The number of nitrogens with one attached hydrogen (secondary N) is 1. The third-order valence-corrected chi connectivity index (χ3v) is 5.14. The third kappa shape index (κ3) is 4.00. The maximum Gasteiger partial charge on any atom is 0.148 e. The zero-order valence-corrected chi connectivity index (χ0v) is 15.3. The molecule has 1 aromatic rings. The normalized spacial score (nSPS) is 20.5. The van der Waals surface area contributed by atoms with Crippen LogP contribution in [0.4, 0.5) is 4.39 Å². The second-order valence-corrected chi connectivity index (χ2v) is 6.49. The van der Waals surface area contributed by atoms with Gasteiger partial charge in [-0.1, -0.05) is 29.6 Å². The second kappa shape index (κ2) is 8.91. The Kier molecular flexibility index (Phi) is 8.21. The van der Waals surface area contributed by atoms with Gasteiger partial charge in [-0.05, 0) is 30.9 Å². The van der Waals surface area contributed by atoms with Gasteiger partial charge in [0.15, 0.2) is 0 Å². The number of rotatable bonds is 3. The van der Waals surface area contributed by atoms with Gasteiger partial charge in [-0.2, -0.15) is 0 Å². The molecule has 0 aromatic heterocycles. The van der Waals surface area contributed by atoms with Crippen LogP contribution in [0.3, 0.4) is 0 Å². The lowest BCUT2D eigenvalue weighted by Gasteiger charge is -2.43. The molecule has 2 nitrogen and oxygen atoms in total. The minimum Gasteiger partial charge on any atom is -0.314 e. The molecule has 1 aromatic carbocycles. The van der Waals surface area contributed by atoms with Crippen LogP contribution in [-0.4, -0.2) is 31.1 Å². The molecule has 1 saturated heterocycles. The largest absolute Gasteiger partial charge is 0.314 e. The first-order valence-electron chi connectivity index (χ1n) is 7.26. The van der Waals surface area contributed by atoms with Crippen molar-refractivity contribution in [2.24, 2.45) is 5.92 Å². The summed E-state index contributed by atoms with van der Waals surface area (Å²) in [5.41, 5.74) is 0.603. The minimum atomic E-state index is -0.338. The monoisotopic (exact) mass is 388 g/mol. The topological polar surface area (TPSA) is 15.3 Å². The Hall–Kier alpha value is 0.230. The highest BCUT2D eigenvalue weighted by Crippen LogP contribution is 2.45. The SMILES string of the molecule is Cl.Cl.Fc1c(Cl)ccc(Cl)c1[C@@H](C1CCC1)N1CCNCC1. The standard InChI is InChI=1S/C15H19Cl2FN2.2ClH/c16-11-4-5-12(17)14(18)13(11)15(10-2-1-3-10)20-8-6-19-7-9-20;;/h4-5,10,15,19H,1-3,6-9H2;2*1H/t15-;;/m1../s1. The molecule has 1 saturated carbocycles. The molecule has 1 heterocycles. The summed E-state index contributed by atoms with van der Waals surface area (Å²) < 4.78 is 14.5. The number of piperazine rings is 1. The molecule has 0 spiro atoms. The van der Waals surface area contributed by atoms with Gasteiger partial charge in [0.05, 0.1) is 5.02 Å². The average molecular weight is 390 g/mol. The van der Waals surface area contributed by atoms with Crippen molar-refractivity contribution in [1.82, 2.24) is 10.2 Å². The lowest BCUT2D eigenvalue weighted by atomic mass is 9.76. The first-order valence-corrected chi connectivity index (χ1v) is 8.02. The van der Waals surface area contributed by atoms with Gasteiger partial charge in [0, 0.05) is 42.8 Å². The van der Waals surface area contributed by atoms with Gasteiger partial charge in [-0.25, -0.2) is 4.39 Å². The molecule has 2 fully saturated rings. The van der Waals surface area contributed by atoms with E-state index in [1.165, 1.54) is 12.5 Å². The molecule has 0 unspecified atom stereocenters. The lowest BCUT2D eigenvalue weighted by Crippen LogP contribution is -2.48. The fraction of sp³-hybridized carbons (Fsp3) is 0.600. The molecular weight excluding hydrogens is 369 g/mol. The quantitative estimate of drug-likeness (QED) is 0.752. The van der Waals surface area contributed by atoms with Crippen molar-refractivity contribution in [1.29, 1.82) is 0 Å². The van der Waals surface area contributed by atoms with E-state index < -0.39 is 0 Å². The predicted octanol–water partition coefficient (Wildman–Crippen LogP) is 4.72. The van der Waals surface area contributed by atoms with Crippen molar-refractivity contribution >= 4 is 48.0 Å². The van der Waals surface area contributed by atoms with Crippen LogP contribution in [0.2, 0.25) is 10.0 Å². The molecule has 3 rings (SSSR count). The Morgan fingerprint density at radius 2 is 1.68 bits per heavy atom. The summed E-state index contributed by atoms with van der Waals surface area (Å²) in [6, 6.07) is 3.33.